The lowest BCUT2D eigenvalue weighted by Crippen LogP contribution is -2.27. The van der Waals surface area contributed by atoms with Gasteiger partial charge in [-0.25, -0.2) is 4.68 Å². The maximum Gasteiger partial charge on any atom is 0.135 e. The van der Waals surface area contributed by atoms with E-state index in [4.69, 9.17) is 9.47 Å². The standard InChI is InChI=1S/C22H27N3O2/c1-22(26-2,19-7-5-6-18(14-19)12-11-17-9-10-17)21-16-25(24-23-21)15-20-8-3-4-13-27-20/h5-7,14,16-17,20H,3-4,8-10,13,15H2,1-2H3. The van der Waals surface area contributed by atoms with Gasteiger partial charge in [0, 0.05) is 25.2 Å². The van der Waals surface area contributed by atoms with Gasteiger partial charge in [0.2, 0.25) is 0 Å². The summed E-state index contributed by atoms with van der Waals surface area (Å²) in [5.74, 6) is 7.20. The molecule has 2 fully saturated rings. The predicted octanol–water partition coefficient (Wildman–Crippen LogP) is 3.52. The highest BCUT2D eigenvalue weighted by Crippen LogP contribution is 2.32. The molecule has 5 nitrogen and oxygen atoms in total. The van der Waals surface area contributed by atoms with Gasteiger partial charge in [0.1, 0.15) is 11.3 Å². The van der Waals surface area contributed by atoms with Crippen molar-refractivity contribution < 1.29 is 9.47 Å². The van der Waals surface area contributed by atoms with E-state index in [2.05, 4.69) is 34.3 Å². The smallest absolute Gasteiger partial charge is 0.135 e. The van der Waals surface area contributed by atoms with E-state index >= 15 is 0 Å². The summed E-state index contributed by atoms with van der Waals surface area (Å²) in [5, 5.41) is 8.73. The number of rotatable bonds is 5. The Morgan fingerprint density at radius 2 is 2.19 bits per heavy atom. The van der Waals surface area contributed by atoms with Crippen LogP contribution in [0.1, 0.15) is 55.8 Å². The van der Waals surface area contributed by atoms with Crippen LogP contribution in [-0.4, -0.2) is 34.8 Å². The largest absolute Gasteiger partial charge is 0.376 e. The molecule has 2 unspecified atom stereocenters. The molecule has 2 aromatic rings. The number of hydrogen-bond donors (Lipinski definition) is 0. The van der Waals surface area contributed by atoms with Crippen LogP contribution in [0.3, 0.4) is 0 Å². The average molecular weight is 365 g/mol. The number of nitrogens with zero attached hydrogens (tertiary/aromatic N) is 3. The molecule has 0 bridgehead atoms. The molecule has 1 aromatic heterocycles. The number of ether oxygens (including phenoxy) is 2. The van der Waals surface area contributed by atoms with Crippen LogP contribution in [0.4, 0.5) is 0 Å². The van der Waals surface area contributed by atoms with Crippen LogP contribution in [0.2, 0.25) is 0 Å². The normalized spacial score (nSPS) is 21.9. The number of hydrogen-bond acceptors (Lipinski definition) is 4. The molecule has 1 aliphatic carbocycles. The first-order valence-electron chi connectivity index (χ1n) is 9.87. The molecule has 1 aliphatic heterocycles. The molecule has 1 saturated heterocycles. The van der Waals surface area contributed by atoms with Gasteiger partial charge in [-0.15, -0.1) is 5.10 Å². The van der Waals surface area contributed by atoms with Crippen molar-refractivity contribution in [3.8, 4) is 11.8 Å². The zero-order valence-electron chi connectivity index (χ0n) is 16.1. The van der Waals surface area contributed by atoms with Crippen molar-refractivity contribution >= 4 is 0 Å². The van der Waals surface area contributed by atoms with E-state index in [-0.39, 0.29) is 6.10 Å². The summed E-state index contributed by atoms with van der Waals surface area (Å²) < 4.78 is 13.6. The van der Waals surface area contributed by atoms with Gasteiger partial charge in [0.25, 0.3) is 0 Å². The fourth-order valence-electron chi connectivity index (χ4n) is 3.44. The third kappa shape index (κ3) is 4.23. The molecule has 0 radical (unpaired) electrons. The van der Waals surface area contributed by atoms with Crippen LogP contribution in [0.5, 0.6) is 0 Å². The van der Waals surface area contributed by atoms with Crippen LogP contribution in [-0.2, 0) is 21.6 Å². The van der Waals surface area contributed by atoms with E-state index in [0.717, 1.165) is 42.8 Å². The van der Waals surface area contributed by atoms with Gasteiger partial charge < -0.3 is 9.47 Å². The monoisotopic (exact) mass is 365 g/mol. The number of aromatic nitrogens is 3. The van der Waals surface area contributed by atoms with Crippen LogP contribution in [0, 0.1) is 17.8 Å². The zero-order valence-corrected chi connectivity index (χ0v) is 16.1. The van der Waals surface area contributed by atoms with Crippen molar-refractivity contribution in [1.82, 2.24) is 15.0 Å². The lowest BCUT2D eigenvalue weighted by Gasteiger charge is -2.26. The van der Waals surface area contributed by atoms with E-state index in [1.807, 2.05) is 29.9 Å². The van der Waals surface area contributed by atoms with E-state index in [1.54, 1.807) is 7.11 Å². The minimum atomic E-state index is -0.664. The maximum atomic E-state index is 5.91. The van der Waals surface area contributed by atoms with Crippen LogP contribution in [0.15, 0.2) is 30.5 Å². The molecular weight excluding hydrogens is 338 g/mol. The molecule has 142 valence electrons. The van der Waals surface area contributed by atoms with E-state index in [0.29, 0.717) is 5.92 Å². The summed E-state index contributed by atoms with van der Waals surface area (Å²) in [6, 6.07) is 8.24. The van der Waals surface area contributed by atoms with E-state index in [9.17, 15) is 0 Å². The van der Waals surface area contributed by atoms with Crippen LogP contribution in [0.25, 0.3) is 0 Å². The first-order valence-corrected chi connectivity index (χ1v) is 9.87. The van der Waals surface area contributed by atoms with Gasteiger partial charge in [-0.3, -0.25) is 0 Å². The number of benzene rings is 1. The van der Waals surface area contributed by atoms with Gasteiger partial charge in [-0.05, 0) is 56.7 Å². The molecule has 4 rings (SSSR count). The van der Waals surface area contributed by atoms with Gasteiger partial charge >= 0.3 is 0 Å². The lowest BCUT2D eigenvalue weighted by molar-refractivity contribution is 0.00360. The summed E-state index contributed by atoms with van der Waals surface area (Å²) in [4.78, 5) is 0. The second-order valence-electron chi connectivity index (χ2n) is 7.68. The molecule has 5 heteroatoms. The maximum absolute atomic E-state index is 5.91. The van der Waals surface area contributed by atoms with Crippen molar-refractivity contribution in [1.29, 1.82) is 0 Å². The van der Waals surface area contributed by atoms with E-state index in [1.165, 1.54) is 19.3 Å². The highest BCUT2D eigenvalue weighted by atomic mass is 16.5. The predicted molar refractivity (Wildman–Crippen MR) is 103 cm³/mol. The SMILES string of the molecule is COC(C)(c1cccc(C#CC2CC2)c1)c1cn(CC2CCCCO2)nn1. The second-order valence-corrected chi connectivity index (χ2v) is 7.68. The van der Waals surface area contributed by atoms with Crippen molar-refractivity contribution in [2.24, 2.45) is 5.92 Å². The zero-order chi connectivity index (χ0) is 18.7. The molecule has 0 spiro atoms. The topological polar surface area (TPSA) is 49.2 Å². The Labute approximate surface area is 161 Å². The van der Waals surface area contributed by atoms with Crippen molar-refractivity contribution in [3.05, 3.63) is 47.3 Å². The third-order valence-corrected chi connectivity index (χ3v) is 5.51. The third-order valence-electron chi connectivity index (χ3n) is 5.51. The summed E-state index contributed by atoms with van der Waals surface area (Å²) in [6.07, 6.45) is 8.12. The molecule has 2 atom stereocenters. The molecule has 0 N–H and O–H groups in total. The van der Waals surface area contributed by atoms with Crippen molar-refractivity contribution in [3.63, 3.8) is 0 Å². The molecule has 1 saturated carbocycles. The Kier molecular flexibility index (Phi) is 5.29. The molecule has 2 aliphatic rings. The average Bonchev–Trinajstić information content (AvgIpc) is 3.43. The van der Waals surface area contributed by atoms with Gasteiger partial charge in [-0.2, -0.15) is 0 Å². The molecule has 1 aromatic carbocycles. The fraction of sp³-hybridized carbons (Fsp3) is 0.545. The molecule has 27 heavy (non-hydrogen) atoms. The van der Waals surface area contributed by atoms with Gasteiger partial charge in [-0.1, -0.05) is 29.2 Å². The summed E-state index contributed by atoms with van der Waals surface area (Å²) in [5.41, 5.74) is 2.19. The second kappa shape index (κ2) is 7.84. The quantitative estimate of drug-likeness (QED) is 0.761. The van der Waals surface area contributed by atoms with Gasteiger partial charge in [0.15, 0.2) is 0 Å². The van der Waals surface area contributed by atoms with Crippen LogP contribution < -0.4 is 0 Å². The Bertz CT molecular complexity index is 840. The number of methoxy groups -OCH3 is 1. The van der Waals surface area contributed by atoms with Gasteiger partial charge in [0.05, 0.1) is 18.8 Å². The van der Waals surface area contributed by atoms with Crippen molar-refractivity contribution in [2.45, 2.75) is 57.3 Å². The Hall–Kier alpha value is -2.16. The minimum absolute atomic E-state index is 0.225. The summed E-state index contributed by atoms with van der Waals surface area (Å²) >= 11 is 0. The Morgan fingerprint density at radius 3 is 2.93 bits per heavy atom. The van der Waals surface area contributed by atoms with Crippen molar-refractivity contribution in [2.75, 3.05) is 13.7 Å². The minimum Gasteiger partial charge on any atom is -0.376 e. The highest BCUT2D eigenvalue weighted by Gasteiger charge is 2.32. The first-order chi connectivity index (χ1) is 13.2. The Balaban J connectivity index is 1.55. The lowest BCUT2D eigenvalue weighted by atomic mass is 9.91. The highest BCUT2D eigenvalue weighted by molar-refractivity contribution is 5.42. The Morgan fingerprint density at radius 1 is 1.30 bits per heavy atom. The molecular formula is C22H27N3O2. The van der Waals surface area contributed by atoms with E-state index < -0.39 is 5.60 Å². The molecule has 2 heterocycles. The molecule has 0 amide bonds. The van der Waals surface area contributed by atoms with Crippen LogP contribution >= 0.6 is 0 Å². The summed E-state index contributed by atoms with van der Waals surface area (Å²) in [7, 11) is 1.71. The fourth-order valence-corrected chi connectivity index (χ4v) is 3.44. The first kappa shape index (κ1) is 18.2. The summed E-state index contributed by atoms with van der Waals surface area (Å²) in [6.45, 7) is 3.61.